The number of aromatic nitrogens is 2. The Kier molecular flexibility index (Phi) is 3.32. The van der Waals surface area contributed by atoms with Crippen LogP contribution in [-0.4, -0.2) is 21.0 Å². The van der Waals surface area contributed by atoms with Gasteiger partial charge in [0.05, 0.1) is 16.6 Å². The Labute approximate surface area is 126 Å². The average Bonchev–Trinajstić information content (AvgIpc) is 2.89. The molecule has 23 heavy (non-hydrogen) atoms. The van der Waals surface area contributed by atoms with Crippen molar-refractivity contribution >= 4 is 17.0 Å². The summed E-state index contributed by atoms with van der Waals surface area (Å²) in [4.78, 5) is 17.7. The van der Waals surface area contributed by atoms with Crippen molar-refractivity contribution in [3.63, 3.8) is 0 Å². The highest BCUT2D eigenvalue weighted by Gasteiger charge is 2.34. The van der Waals surface area contributed by atoms with Crippen LogP contribution >= 0.6 is 0 Å². The topological polar surface area (TPSA) is 66.0 Å². The van der Waals surface area contributed by atoms with Gasteiger partial charge in [0.25, 0.3) is 0 Å². The molecular formula is C15H8F4N2O2. The van der Waals surface area contributed by atoms with Gasteiger partial charge < -0.3 is 10.1 Å². The van der Waals surface area contributed by atoms with Crippen LogP contribution in [0.2, 0.25) is 0 Å². The van der Waals surface area contributed by atoms with Crippen LogP contribution in [0.15, 0.2) is 36.4 Å². The van der Waals surface area contributed by atoms with E-state index in [0.29, 0.717) is 18.2 Å². The number of benzene rings is 2. The summed E-state index contributed by atoms with van der Waals surface area (Å²) in [7, 11) is 0. The number of rotatable bonds is 2. The molecule has 0 saturated heterocycles. The molecule has 0 saturated carbocycles. The van der Waals surface area contributed by atoms with Gasteiger partial charge in [-0.05, 0) is 30.3 Å². The maximum absolute atomic E-state index is 13.4. The molecular weight excluding hydrogens is 316 g/mol. The van der Waals surface area contributed by atoms with Crippen LogP contribution < -0.4 is 0 Å². The lowest BCUT2D eigenvalue weighted by Gasteiger charge is -2.11. The van der Waals surface area contributed by atoms with Crippen molar-refractivity contribution in [3.05, 3.63) is 53.3 Å². The molecule has 0 radical (unpaired) electrons. The first-order valence-electron chi connectivity index (χ1n) is 6.36. The molecule has 0 aliphatic rings. The van der Waals surface area contributed by atoms with Gasteiger partial charge in [-0.25, -0.2) is 14.2 Å². The predicted octanol–water partition coefficient (Wildman–Crippen LogP) is 4.09. The van der Waals surface area contributed by atoms with E-state index in [-0.39, 0.29) is 22.4 Å². The molecule has 0 fully saturated rings. The van der Waals surface area contributed by atoms with Crippen LogP contribution in [0.4, 0.5) is 17.6 Å². The van der Waals surface area contributed by atoms with Crippen LogP contribution in [0.25, 0.3) is 22.4 Å². The Hall–Kier alpha value is -2.90. The smallest absolute Gasteiger partial charge is 0.417 e. The number of halogens is 4. The molecule has 3 aromatic rings. The van der Waals surface area contributed by atoms with E-state index in [4.69, 9.17) is 5.11 Å². The minimum absolute atomic E-state index is 0.00684. The lowest BCUT2D eigenvalue weighted by molar-refractivity contribution is -0.137. The van der Waals surface area contributed by atoms with Crippen molar-refractivity contribution in [2.24, 2.45) is 0 Å². The summed E-state index contributed by atoms with van der Waals surface area (Å²) >= 11 is 0. The number of carboxylic acid groups (broad SMARTS) is 1. The third-order valence-electron chi connectivity index (χ3n) is 3.29. The summed E-state index contributed by atoms with van der Waals surface area (Å²) < 4.78 is 52.6. The van der Waals surface area contributed by atoms with Crippen molar-refractivity contribution < 1.29 is 27.5 Å². The van der Waals surface area contributed by atoms with Crippen molar-refractivity contribution in [1.29, 1.82) is 0 Å². The number of hydrogen-bond acceptors (Lipinski definition) is 2. The SMILES string of the molecule is O=C(O)c1cccc2[nH]c(-c3cc(F)ccc3C(F)(F)F)nc12. The normalized spacial score (nSPS) is 11.8. The van der Waals surface area contributed by atoms with E-state index in [1.807, 2.05) is 0 Å². The molecule has 0 atom stereocenters. The summed E-state index contributed by atoms with van der Waals surface area (Å²) in [6, 6.07) is 6.23. The maximum Gasteiger partial charge on any atom is 0.417 e. The Bertz CT molecular complexity index is 915. The molecule has 0 bridgehead atoms. The zero-order valence-corrected chi connectivity index (χ0v) is 11.3. The van der Waals surface area contributed by atoms with Crippen LogP contribution in [0.5, 0.6) is 0 Å². The van der Waals surface area contributed by atoms with Crippen LogP contribution in [0.3, 0.4) is 0 Å². The predicted molar refractivity (Wildman–Crippen MR) is 73.4 cm³/mol. The second-order valence-corrected chi connectivity index (χ2v) is 4.78. The molecule has 2 N–H and O–H groups in total. The van der Waals surface area contributed by atoms with Crippen LogP contribution in [-0.2, 0) is 6.18 Å². The molecule has 3 rings (SSSR count). The second kappa shape index (κ2) is 5.08. The highest BCUT2D eigenvalue weighted by molar-refractivity contribution is 6.01. The zero-order valence-electron chi connectivity index (χ0n) is 11.3. The van der Waals surface area contributed by atoms with Gasteiger partial charge in [-0.15, -0.1) is 0 Å². The Morgan fingerprint density at radius 3 is 2.57 bits per heavy atom. The minimum Gasteiger partial charge on any atom is -0.478 e. The van der Waals surface area contributed by atoms with Gasteiger partial charge in [0.2, 0.25) is 0 Å². The number of carbonyl (C=O) groups is 1. The number of aromatic amines is 1. The molecule has 2 aromatic carbocycles. The quantitative estimate of drug-likeness (QED) is 0.698. The number of imidazole rings is 1. The summed E-state index contributed by atoms with van der Waals surface area (Å²) in [5, 5.41) is 9.10. The van der Waals surface area contributed by atoms with E-state index in [1.165, 1.54) is 18.2 Å². The number of nitrogens with zero attached hydrogens (tertiary/aromatic N) is 1. The van der Waals surface area contributed by atoms with E-state index in [0.717, 1.165) is 0 Å². The van der Waals surface area contributed by atoms with Gasteiger partial charge in [0, 0.05) is 5.56 Å². The third-order valence-corrected chi connectivity index (χ3v) is 3.29. The van der Waals surface area contributed by atoms with Gasteiger partial charge in [-0.1, -0.05) is 6.07 Å². The lowest BCUT2D eigenvalue weighted by atomic mass is 10.1. The maximum atomic E-state index is 13.4. The van der Waals surface area contributed by atoms with E-state index < -0.39 is 29.1 Å². The van der Waals surface area contributed by atoms with E-state index >= 15 is 0 Å². The second-order valence-electron chi connectivity index (χ2n) is 4.78. The molecule has 0 unspecified atom stereocenters. The number of hydrogen-bond donors (Lipinski definition) is 2. The summed E-state index contributed by atoms with van der Waals surface area (Å²) in [6.07, 6.45) is -4.70. The Morgan fingerprint density at radius 1 is 1.17 bits per heavy atom. The molecule has 0 aliphatic carbocycles. The van der Waals surface area contributed by atoms with E-state index in [2.05, 4.69) is 9.97 Å². The van der Waals surface area contributed by atoms with Crippen molar-refractivity contribution in [3.8, 4) is 11.4 Å². The van der Waals surface area contributed by atoms with Gasteiger partial charge in [0.1, 0.15) is 17.2 Å². The molecule has 4 nitrogen and oxygen atoms in total. The van der Waals surface area contributed by atoms with Crippen LogP contribution in [0.1, 0.15) is 15.9 Å². The summed E-state index contributed by atoms with van der Waals surface area (Å²) in [6.45, 7) is 0. The average molecular weight is 324 g/mol. The molecule has 118 valence electrons. The first kappa shape index (κ1) is 15.0. The summed E-state index contributed by atoms with van der Waals surface area (Å²) in [5.74, 6) is -2.36. The van der Waals surface area contributed by atoms with Gasteiger partial charge in [-0.3, -0.25) is 0 Å². The fourth-order valence-electron chi connectivity index (χ4n) is 2.29. The highest BCUT2D eigenvalue weighted by atomic mass is 19.4. The fraction of sp³-hybridized carbons (Fsp3) is 0.0667. The van der Waals surface area contributed by atoms with Gasteiger partial charge in [-0.2, -0.15) is 13.2 Å². The van der Waals surface area contributed by atoms with E-state index in [9.17, 15) is 22.4 Å². The monoisotopic (exact) mass is 324 g/mol. The Balaban J connectivity index is 2.28. The lowest BCUT2D eigenvalue weighted by Crippen LogP contribution is -2.08. The number of carboxylic acids is 1. The molecule has 0 aliphatic heterocycles. The third kappa shape index (κ3) is 2.63. The standard InChI is InChI=1S/C15H8F4N2O2/c16-7-4-5-10(15(17,18)19)9(6-7)13-20-11-3-1-2-8(14(22)23)12(11)21-13/h1-6H,(H,20,21)(H,22,23). The summed E-state index contributed by atoms with van der Waals surface area (Å²) in [5.41, 5.74) is -1.44. The number of aromatic carboxylic acids is 1. The molecule has 8 heteroatoms. The first-order chi connectivity index (χ1) is 10.8. The van der Waals surface area contributed by atoms with Gasteiger partial charge in [0.15, 0.2) is 0 Å². The van der Waals surface area contributed by atoms with Crippen molar-refractivity contribution in [1.82, 2.24) is 9.97 Å². The largest absolute Gasteiger partial charge is 0.478 e. The number of H-pyrrole nitrogens is 1. The molecule has 0 spiro atoms. The number of para-hydroxylation sites is 1. The fourth-order valence-corrected chi connectivity index (χ4v) is 2.29. The number of nitrogens with one attached hydrogen (secondary N) is 1. The van der Waals surface area contributed by atoms with Crippen molar-refractivity contribution in [2.45, 2.75) is 6.18 Å². The highest BCUT2D eigenvalue weighted by Crippen LogP contribution is 2.37. The molecule has 1 heterocycles. The minimum atomic E-state index is -4.70. The number of fused-ring (bicyclic) bond motifs is 1. The van der Waals surface area contributed by atoms with Crippen molar-refractivity contribution in [2.75, 3.05) is 0 Å². The van der Waals surface area contributed by atoms with E-state index in [1.54, 1.807) is 0 Å². The first-order valence-corrected chi connectivity index (χ1v) is 6.36. The zero-order chi connectivity index (χ0) is 16.8. The van der Waals surface area contributed by atoms with Gasteiger partial charge >= 0.3 is 12.1 Å². The molecule has 0 amide bonds. The number of alkyl halides is 3. The van der Waals surface area contributed by atoms with Crippen LogP contribution in [0, 0.1) is 5.82 Å². The Morgan fingerprint density at radius 2 is 1.91 bits per heavy atom. The molecule has 1 aromatic heterocycles.